The number of hydrogen-bond donors (Lipinski definition) is 1. The number of carbonyl (C=O) groups is 1. The Labute approximate surface area is 119 Å². The zero-order valence-corrected chi connectivity index (χ0v) is 12.0. The summed E-state index contributed by atoms with van der Waals surface area (Å²) in [5.41, 5.74) is 1.25. The van der Waals surface area contributed by atoms with Gasteiger partial charge in [-0.25, -0.2) is 4.79 Å². The van der Waals surface area contributed by atoms with Crippen molar-refractivity contribution in [3.8, 4) is 5.75 Å². The van der Waals surface area contributed by atoms with E-state index in [0.717, 1.165) is 38.2 Å². The third-order valence-corrected chi connectivity index (χ3v) is 3.44. The van der Waals surface area contributed by atoms with E-state index in [9.17, 15) is 4.79 Å². The SMILES string of the molecule is COc1cc(CN2CCCOC(C)C2)ccc1C(=O)O. The summed E-state index contributed by atoms with van der Waals surface area (Å²) in [7, 11) is 1.49. The summed E-state index contributed by atoms with van der Waals surface area (Å²) in [6, 6.07) is 5.26. The van der Waals surface area contributed by atoms with E-state index in [-0.39, 0.29) is 11.7 Å². The first-order chi connectivity index (χ1) is 9.60. The van der Waals surface area contributed by atoms with Crippen LogP contribution in [0.1, 0.15) is 29.3 Å². The number of methoxy groups -OCH3 is 1. The van der Waals surface area contributed by atoms with Crippen LogP contribution >= 0.6 is 0 Å². The Balaban J connectivity index is 2.10. The number of benzene rings is 1. The van der Waals surface area contributed by atoms with Gasteiger partial charge in [0, 0.05) is 26.2 Å². The average Bonchev–Trinajstić information content (AvgIpc) is 2.62. The molecule has 0 bridgehead atoms. The highest BCUT2D eigenvalue weighted by Gasteiger charge is 2.17. The lowest BCUT2D eigenvalue weighted by atomic mass is 10.1. The van der Waals surface area contributed by atoms with Gasteiger partial charge in [-0.15, -0.1) is 0 Å². The third-order valence-electron chi connectivity index (χ3n) is 3.44. The van der Waals surface area contributed by atoms with Crippen LogP contribution in [0.5, 0.6) is 5.75 Å². The van der Waals surface area contributed by atoms with Crippen LogP contribution in [0.4, 0.5) is 0 Å². The quantitative estimate of drug-likeness (QED) is 0.913. The predicted molar refractivity (Wildman–Crippen MR) is 75.3 cm³/mol. The molecule has 1 heterocycles. The number of nitrogens with zero attached hydrogens (tertiary/aromatic N) is 1. The van der Waals surface area contributed by atoms with E-state index in [1.807, 2.05) is 6.07 Å². The highest BCUT2D eigenvalue weighted by atomic mass is 16.5. The highest BCUT2D eigenvalue weighted by molar-refractivity contribution is 5.90. The summed E-state index contributed by atoms with van der Waals surface area (Å²) in [6.07, 6.45) is 1.26. The number of ether oxygens (including phenoxy) is 2. The van der Waals surface area contributed by atoms with E-state index < -0.39 is 5.97 Å². The first kappa shape index (κ1) is 14.8. The van der Waals surface area contributed by atoms with Crippen molar-refractivity contribution >= 4 is 5.97 Å². The van der Waals surface area contributed by atoms with Gasteiger partial charge in [0.25, 0.3) is 0 Å². The van der Waals surface area contributed by atoms with Gasteiger partial charge in [-0.05, 0) is 31.0 Å². The molecular formula is C15H21NO4. The smallest absolute Gasteiger partial charge is 0.339 e. The van der Waals surface area contributed by atoms with Gasteiger partial charge in [-0.3, -0.25) is 4.90 Å². The van der Waals surface area contributed by atoms with Crippen molar-refractivity contribution in [3.05, 3.63) is 29.3 Å². The molecule has 0 amide bonds. The summed E-state index contributed by atoms with van der Waals surface area (Å²) in [5.74, 6) is -0.556. The molecule has 110 valence electrons. The minimum absolute atomic E-state index is 0.198. The minimum atomic E-state index is -0.967. The summed E-state index contributed by atoms with van der Waals surface area (Å²) in [4.78, 5) is 13.4. The van der Waals surface area contributed by atoms with Gasteiger partial charge in [0.2, 0.25) is 0 Å². The molecule has 1 fully saturated rings. The van der Waals surface area contributed by atoms with E-state index in [1.54, 1.807) is 12.1 Å². The first-order valence-corrected chi connectivity index (χ1v) is 6.84. The fourth-order valence-electron chi connectivity index (χ4n) is 2.49. The fourth-order valence-corrected chi connectivity index (χ4v) is 2.49. The van der Waals surface area contributed by atoms with E-state index >= 15 is 0 Å². The second-order valence-corrected chi connectivity index (χ2v) is 5.11. The number of hydrogen-bond acceptors (Lipinski definition) is 4. The van der Waals surface area contributed by atoms with Gasteiger partial charge >= 0.3 is 5.97 Å². The molecule has 0 spiro atoms. The molecule has 20 heavy (non-hydrogen) atoms. The summed E-state index contributed by atoms with van der Waals surface area (Å²) in [6.45, 7) is 5.55. The fraction of sp³-hybridized carbons (Fsp3) is 0.533. The van der Waals surface area contributed by atoms with Crippen molar-refractivity contribution in [2.45, 2.75) is 26.0 Å². The number of carboxylic acid groups (broad SMARTS) is 1. The van der Waals surface area contributed by atoms with Crippen LogP contribution in [0.15, 0.2) is 18.2 Å². The standard InChI is InChI=1S/C15H21NO4/c1-11-9-16(6-3-7-20-11)10-12-4-5-13(15(17)18)14(8-12)19-2/h4-5,8,11H,3,6-7,9-10H2,1-2H3,(H,17,18). The lowest BCUT2D eigenvalue weighted by Gasteiger charge is -2.22. The number of rotatable bonds is 4. The van der Waals surface area contributed by atoms with E-state index in [0.29, 0.717) is 5.75 Å². The van der Waals surface area contributed by atoms with Crippen LogP contribution in [0.2, 0.25) is 0 Å². The maximum absolute atomic E-state index is 11.1. The average molecular weight is 279 g/mol. The maximum atomic E-state index is 11.1. The molecule has 5 heteroatoms. The molecular weight excluding hydrogens is 258 g/mol. The minimum Gasteiger partial charge on any atom is -0.496 e. The molecule has 1 unspecified atom stereocenters. The molecule has 1 aliphatic heterocycles. The van der Waals surface area contributed by atoms with Crippen molar-refractivity contribution in [2.75, 3.05) is 26.8 Å². The van der Waals surface area contributed by atoms with Gasteiger partial charge in [-0.1, -0.05) is 6.07 Å². The van der Waals surface area contributed by atoms with Gasteiger partial charge in [-0.2, -0.15) is 0 Å². The second-order valence-electron chi connectivity index (χ2n) is 5.11. The van der Waals surface area contributed by atoms with Crippen LogP contribution in [0.25, 0.3) is 0 Å². The van der Waals surface area contributed by atoms with Gasteiger partial charge in [0.15, 0.2) is 0 Å². The Morgan fingerprint density at radius 1 is 1.55 bits per heavy atom. The summed E-state index contributed by atoms with van der Waals surface area (Å²) < 4.78 is 10.8. The van der Waals surface area contributed by atoms with E-state index in [1.165, 1.54) is 7.11 Å². The monoisotopic (exact) mass is 279 g/mol. The Kier molecular flexibility index (Phi) is 4.98. The van der Waals surface area contributed by atoms with Crippen molar-refractivity contribution < 1.29 is 19.4 Å². The Bertz CT molecular complexity index is 475. The largest absolute Gasteiger partial charge is 0.496 e. The van der Waals surface area contributed by atoms with Crippen LogP contribution < -0.4 is 4.74 Å². The Morgan fingerprint density at radius 2 is 2.35 bits per heavy atom. The van der Waals surface area contributed by atoms with Crippen LogP contribution in [0, 0.1) is 0 Å². The molecule has 1 aliphatic rings. The molecule has 1 atom stereocenters. The van der Waals surface area contributed by atoms with E-state index in [4.69, 9.17) is 14.6 Å². The van der Waals surface area contributed by atoms with Gasteiger partial charge in [0.1, 0.15) is 11.3 Å². The molecule has 5 nitrogen and oxygen atoms in total. The molecule has 0 aromatic heterocycles. The van der Waals surface area contributed by atoms with Gasteiger partial charge in [0.05, 0.1) is 13.2 Å². The van der Waals surface area contributed by atoms with E-state index in [2.05, 4.69) is 11.8 Å². The molecule has 0 radical (unpaired) electrons. The summed E-state index contributed by atoms with van der Waals surface area (Å²) in [5, 5.41) is 9.07. The topological polar surface area (TPSA) is 59.0 Å². The number of aromatic carboxylic acids is 1. The molecule has 2 rings (SSSR count). The molecule has 1 saturated heterocycles. The van der Waals surface area contributed by atoms with Gasteiger partial charge < -0.3 is 14.6 Å². The Morgan fingerprint density at radius 3 is 3.05 bits per heavy atom. The number of carboxylic acids is 1. The maximum Gasteiger partial charge on any atom is 0.339 e. The van der Waals surface area contributed by atoms with Crippen LogP contribution in [-0.2, 0) is 11.3 Å². The van der Waals surface area contributed by atoms with Crippen LogP contribution in [0.3, 0.4) is 0 Å². The Hall–Kier alpha value is -1.59. The second kappa shape index (κ2) is 6.72. The molecule has 1 N–H and O–H groups in total. The lowest BCUT2D eigenvalue weighted by Crippen LogP contribution is -2.29. The van der Waals surface area contributed by atoms with Crippen molar-refractivity contribution in [1.29, 1.82) is 0 Å². The predicted octanol–water partition coefficient (Wildman–Crippen LogP) is 2.00. The van der Waals surface area contributed by atoms with Crippen molar-refractivity contribution in [1.82, 2.24) is 4.90 Å². The van der Waals surface area contributed by atoms with Crippen LogP contribution in [-0.4, -0.2) is 48.9 Å². The zero-order chi connectivity index (χ0) is 14.5. The molecule has 0 aliphatic carbocycles. The molecule has 0 saturated carbocycles. The van der Waals surface area contributed by atoms with Crippen molar-refractivity contribution in [3.63, 3.8) is 0 Å². The normalized spacial score (nSPS) is 20.4. The molecule has 1 aromatic rings. The molecule has 1 aromatic carbocycles. The summed E-state index contributed by atoms with van der Waals surface area (Å²) >= 11 is 0. The zero-order valence-electron chi connectivity index (χ0n) is 12.0. The van der Waals surface area contributed by atoms with Crippen molar-refractivity contribution in [2.24, 2.45) is 0 Å². The lowest BCUT2D eigenvalue weighted by molar-refractivity contribution is 0.0668. The first-order valence-electron chi connectivity index (χ1n) is 6.84. The highest BCUT2D eigenvalue weighted by Crippen LogP contribution is 2.21. The third kappa shape index (κ3) is 3.71.